The molecule has 0 atom stereocenters. The van der Waals surface area contributed by atoms with Gasteiger partial charge < -0.3 is 15.5 Å². The second-order valence-corrected chi connectivity index (χ2v) is 8.50. The van der Waals surface area contributed by atoms with Crippen molar-refractivity contribution in [2.24, 2.45) is 0 Å². The molecule has 0 fully saturated rings. The van der Waals surface area contributed by atoms with Crippen LogP contribution in [0.2, 0.25) is 5.02 Å². The Hall–Kier alpha value is -3.92. The van der Waals surface area contributed by atoms with Gasteiger partial charge in [0.25, 0.3) is 11.8 Å². The largest absolute Gasteiger partial charge is 0.334 e. The fraction of sp³-hybridized carbons (Fsp3) is 0.217. The standard InChI is InChI=1S/C23H21Cl2N7O2/c1-13-8-14(11-26)9-15(22(34)32(4)23(2,3)12-27)19(13)31-21(33)17(10-18(25)28)30-20-16(24)6-5-7-29-20/h5-10,28H,1-4H3,(H,29,30)(H,31,33)/b17-10-,28-18?. The van der Waals surface area contributed by atoms with Crippen LogP contribution in [0.1, 0.15) is 35.3 Å². The number of allylic oxidation sites excluding steroid dienone is 1. The molecule has 0 aliphatic carbocycles. The number of carbonyl (C=O) groups excluding carboxylic acids is 2. The molecule has 174 valence electrons. The van der Waals surface area contributed by atoms with E-state index < -0.39 is 22.5 Å². The topological polar surface area (TPSA) is 146 Å². The second kappa shape index (κ2) is 10.8. The first-order chi connectivity index (χ1) is 15.9. The lowest BCUT2D eigenvalue weighted by molar-refractivity contribution is -0.112. The van der Waals surface area contributed by atoms with E-state index in [1.165, 1.54) is 30.3 Å². The maximum absolute atomic E-state index is 13.3. The molecule has 1 aromatic carbocycles. The number of amides is 2. The minimum atomic E-state index is -1.15. The first kappa shape index (κ1) is 26.3. The third-order valence-electron chi connectivity index (χ3n) is 4.88. The molecule has 2 rings (SSSR count). The smallest absolute Gasteiger partial charge is 0.272 e. The Morgan fingerprint density at radius 3 is 2.50 bits per heavy atom. The molecular formula is C23H21Cl2N7O2. The van der Waals surface area contributed by atoms with E-state index in [0.717, 1.165) is 6.08 Å². The zero-order valence-electron chi connectivity index (χ0n) is 18.8. The van der Waals surface area contributed by atoms with Gasteiger partial charge in [0.15, 0.2) is 0 Å². The molecule has 1 heterocycles. The molecule has 0 saturated heterocycles. The van der Waals surface area contributed by atoms with Crippen LogP contribution in [-0.4, -0.2) is 39.5 Å². The molecule has 11 heteroatoms. The van der Waals surface area contributed by atoms with Gasteiger partial charge in [0, 0.05) is 19.3 Å². The molecule has 2 aromatic rings. The number of carbonyl (C=O) groups is 2. The molecule has 2 amide bonds. The van der Waals surface area contributed by atoms with Gasteiger partial charge in [0.05, 0.1) is 34.0 Å². The minimum absolute atomic E-state index is 0.0203. The van der Waals surface area contributed by atoms with E-state index in [4.69, 9.17) is 28.6 Å². The highest BCUT2D eigenvalue weighted by Gasteiger charge is 2.30. The number of anilines is 2. The van der Waals surface area contributed by atoms with Crippen LogP contribution >= 0.6 is 23.2 Å². The second-order valence-electron chi connectivity index (χ2n) is 7.68. The summed E-state index contributed by atoms with van der Waals surface area (Å²) >= 11 is 11.8. The van der Waals surface area contributed by atoms with Gasteiger partial charge in [-0.05, 0) is 50.6 Å². The Bertz CT molecular complexity index is 1270. The van der Waals surface area contributed by atoms with Crippen LogP contribution in [0.4, 0.5) is 11.5 Å². The van der Waals surface area contributed by atoms with Gasteiger partial charge in [-0.1, -0.05) is 23.2 Å². The molecule has 0 aliphatic rings. The van der Waals surface area contributed by atoms with E-state index in [1.54, 1.807) is 32.9 Å². The quantitative estimate of drug-likeness (QED) is 0.380. The van der Waals surface area contributed by atoms with Crippen molar-refractivity contribution in [1.82, 2.24) is 9.88 Å². The molecule has 0 unspecified atom stereocenters. The number of rotatable bonds is 7. The summed E-state index contributed by atoms with van der Waals surface area (Å²) in [7, 11) is 1.45. The SMILES string of the molecule is Cc1cc(C#N)cc(C(=O)N(C)C(C)(C)C#N)c1NC(=O)/C(=C/C(=N)Cl)Nc1ncccc1Cl. The van der Waals surface area contributed by atoms with Gasteiger partial charge >= 0.3 is 0 Å². The number of pyridine rings is 1. The number of nitrogens with one attached hydrogen (secondary N) is 3. The zero-order valence-corrected chi connectivity index (χ0v) is 20.3. The number of halogens is 2. The Morgan fingerprint density at radius 1 is 1.26 bits per heavy atom. The lowest BCUT2D eigenvalue weighted by Gasteiger charge is -2.30. The van der Waals surface area contributed by atoms with E-state index in [1.807, 2.05) is 12.1 Å². The van der Waals surface area contributed by atoms with E-state index >= 15 is 0 Å². The Labute approximate surface area is 207 Å². The van der Waals surface area contributed by atoms with E-state index in [9.17, 15) is 20.1 Å². The van der Waals surface area contributed by atoms with Crippen molar-refractivity contribution < 1.29 is 9.59 Å². The molecule has 1 aromatic heterocycles. The number of aromatic nitrogens is 1. The summed E-state index contributed by atoms with van der Waals surface area (Å²) in [6, 6.07) is 10.0. The van der Waals surface area contributed by atoms with Gasteiger partial charge in [0.2, 0.25) is 0 Å². The van der Waals surface area contributed by atoms with Gasteiger partial charge in [-0.15, -0.1) is 0 Å². The number of hydrogen-bond acceptors (Lipinski definition) is 7. The maximum atomic E-state index is 13.3. The van der Waals surface area contributed by atoms with Crippen LogP contribution in [0.15, 0.2) is 42.2 Å². The lowest BCUT2D eigenvalue weighted by atomic mass is 9.99. The third kappa shape index (κ3) is 6.10. The lowest BCUT2D eigenvalue weighted by Crippen LogP contribution is -2.44. The zero-order chi connectivity index (χ0) is 25.6. The minimum Gasteiger partial charge on any atom is -0.334 e. The summed E-state index contributed by atoms with van der Waals surface area (Å²) in [5.41, 5.74) is -0.505. The van der Waals surface area contributed by atoms with Crippen LogP contribution in [-0.2, 0) is 4.79 Å². The highest BCUT2D eigenvalue weighted by atomic mass is 35.5. The number of nitriles is 2. The van der Waals surface area contributed by atoms with Crippen LogP contribution in [0.5, 0.6) is 0 Å². The third-order valence-corrected chi connectivity index (χ3v) is 5.29. The number of hydrogen-bond donors (Lipinski definition) is 3. The van der Waals surface area contributed by atoms with Crippen molar-refractivity contribution in [1.29, 1.82) is 15.9 Å². The molecule has 0 spiro atoms. The number of benzene rings is 1. The summed E-state index contributed by atoms with van der Waals surface area (Å²) in [5, 5.41) is 31.5. The summed E-state index contributed by atoms with van der Waals surface area (Å²) in [6.07, 6.45) is 2.53. The summed E-state index contributed by atoms with van der Waals surface area (Å²) in [4.78, 5) is 31.7. The Kier molecular flexibility index (Phi) is 8.36. The number of nitrogens with zero attached hydrogens (tertiary/aromatic N) is 4. The normalized spacial score (nSPS) is 11.1. The van der Waals surface area contributed by atoms with E-state index in [-0.39, 0.29) is 33.4 Å². The highest BCUT2D eigenvalue weighted by molar-refractivity contribution is 6.67. The summed E-state index contributed by atoms with van der Waals surface area (Å²) < 4.78 is 0. The Balaban J connectivity index is 2.54. The fourth-order valence-electron chi connectivity index (χ4n) is 2.77. The van der Waals surface area contributed by atoms with Crippen molar-refractivity contribution in [3.63, 3.8) is 0 Å². The monoisotopic (exact) mass is 497 g/mol. The van der Waals surface area contributed by atoms with Gasteiger partial charge in [-0.2, -0.15) is 10.5 Å². The predicted molar refractivity (Wildman–Crippen MR) is 131 cm³/mol. The van der Waals surface area contributed by atoms with Crippen LogP contribution in [0.3, 0.4) is 0 Å². The first-order valence-electron chi connectivity index (χ1n) is 9.80. The van der Waals surface area contributed by atoms with Crippen LogP contribution in [0, 0.1) is 35.0 Å². The molecule has 34 heavy (non-hydrogen) atoms. The molecule has 0 bridgehead atoms. The van der Waals surface area contributed by atoms with Crippen molar-refractivity contribution in [2.75, 3.05) is 17.7 Å². The van der Waals surface area contributed by atoms with Crippen molar-refractivity contribution >= 4 is 51.7 Å². The fourth-order valence-corrected chi connectivity index (χ4v) is 3.04. The molecule has 3 N–H and O–H groups in total. The van der Waals surface area contributed by atoms with Crippen molar-refractivity contribution in [2.45, 2.75) is 26.3 Å². The average Bonchev–Trinajstić information content (AvgIpc) is 2.79. The van der Waals surface area contributed by atoms with Gasteiger partial charge in [-0.3, -0.25) is 15.0 Å². The van der Waals surface area contributed by atoms with E-state index in [0.29, 0.717) is 5.56 Å². The number of aryl methyl sites for hydroxylation is 1. The van der Waals surface area contributed by atoms with Gasteiger partial charge in [0.1, 0.15) is 22.2 Å². The van der Waals surface area contributed by atoms with Crippen LogP contribution < -0.4 is 10.6 Å². The van der Waals surface area contributed by atoms with E-state index in [2.05, 4.69) is 15.6 Å². The highest BCUT2D eigenvalue weighted by Crippen LogP contribution is 2.27. The van der Waals surface area contributed by atoms with Crippen molar-refractivity contribution in [3.8, 4) is 12.1 Å². The Morgan fingerprint density at radius 2 is 1.94 bits per heavy atom. The molecule has 9 nitrogen and oxygen atoms in total. The average molecular weight is 498 g/mol. The van der Waals surface area contributed by atoms with Gasteiger partial charge in [-0.25, -0.2) is 4.98 Å². The molecule has 0 radical (unpaired) electrons. The first-order valence-corrected chi connectivity index (χ1v) is 10.6. The summed E-state index contributed by atoms with van der Waals surface area (Å²) in [5.74, 6) is -1.15. The van der Waals surface area contributed by atoms with Crippen LogP contribution in [0.25, 0.3) is 0 Å². The molecule has 0 saturated carbocycles. The molecule has 0 aliphatic heterocycles. The summed E-state index contributed by atoms with van der Waals surface area (Å²) in [6.45, 7) is 4.76. The predicted octanol–water partition coefficient (Wildman–Crippen LogP) is 4.44. The maximum Gasteiger partial charge on any atom is 0.272 e. The van der Waals surface area contributed by atoms with Crippen molar-refractivity contribution in [3.05, 3.63) is 63.9 Å². The molecular weight excluding hydrogens is 477 g/mol.